The van der Waals surface area contributed by atoms with Crippen LogP contribution in [-0.2, 0) is 28.5 Å². The molecular formula is C16H24O6. The Hall–Kier alpha value is -1.66. The second-order valence-corrected chi connectivity index (χ2v) is 5.36. The lowest BCUT2D eigenvalue weighted by Gasteiger charge is -2.11. The molecule has 0 spiro atoms. The minimum Gasteiger partial charge on any atom is -0.467 e. The fourth-order valence-corrected chi connectivity index (χ4v) is 2.04. The minimum absolute atomic E-state index is 0.659. The van der Waals surface area contributed by atoms with Crippen LogP contribution in [-0.4, -0.2) is 44.7 Å². The third-order valence-corrected chi connectivity index (χ3v) is 3.22. The van der Waals surface area contributed by atoms with E-state index >= 15 is 0 Å². The number of carbonyl (C=O) groups excluding carboxylic acids is 2. The lowest BCUT2D eigenvalue weighted by molar-refractivity contribution is -0.160. The van der Waals surface area contributed by atoms with Crippen molar-refractivity contribution in [1.82, 2.24) is 0 Å². The predicted octanol–water partition coefficient (Wildman–Crippen LogP) is 2.14. The summed E-state index contributed by atoms with van der Waals surface area (Å²) in [6.45, 7) is 6.04. The van der Waals surface area contributed by atoms with E-state index in [0.717, 1.165) is 18.4 Å². The third kappa shape index (κ3) is 5.27. The highest BCUT2D eigenvalue weighted by molar-refractivity contribution is 5.86. The maximum absolute atomic E-state index is 11.7. The van der Waals surface area contributed by atoms with E-state index in [1.165, 1.54) is 19.8 Å². The summed E-state index contributed by atoms with van der Waals surface area (Å²) in [4.78, 5) is 23.3. The van der Waals surface area contributed by atoms with Crippen LogP contribution in [0.5, 0.6) is 0 Å². The highest BCUT2D eigenvalue weighted by Crippen LogP contribution is 2.24. The standard InChI is InChI=1S/C16H24O6/c1-10(2)7-6-8-11(3)9-12-21-13(15(17)19-4)14(22-12)16(18)20-5/h7,9,12-14H,6,8H2,1-5H3. The molecule has 0 saturated carbocycles. The molecule has 6 heteroatoms. The number of hydrogen-bond acceptors (Lipinski definition) is 6. The summed E-state index contributed by atoms with van der Waals surface area (Å²) < 4.78 is 20.2. The molecule has 1 heterocycles. The Labute approximate surface area is 131 Å². The molecule has 0 aromatic rings. The van der Waals surface area contributed by atoms with Crippen LogP contribution in [0.1, 0.15) is 33.6 Å². The lowest BCUT2D eigenvalue weighted by Crippen LogP contribution is -2.38. The molecule has 1 rings (SSSR count). The number of ether oxygens (including phenoxy) is 4. The maximum Gasteiger partial charge on any atom is 0.338 e. The van der Waals surface area contributed by atoms with Gasteiger partial charge in [-0.2, -0.15) is 0 Å². The smallest absolute Gasteiger partial charge is 0.338 e. The van der Waals surface area contributed by atoms with Crippen molar-refractivity contribution in [3.8, 4) is 0 Å². The Balaban J connectivity index is 2.71. The normalized spacial score (nSPS) is 24.8. The molecule has 0 aromatic heterocycles. The molecule has 1 fully saturated rings. The van der Waals surface area contributed by atoms with Gasteiger partial charge >= 0.3 is 11.9 Å². The number of rotatable bonds is 6. The second kappa shape index (κ2) is 8.70. The second-order valence-electron chi connectivity index (χ2n) is 5.36. The topological polar surface area (TPSA) is 71.1 Å². The third-order valence-electron chi connectivity index (χ3n) is 3.22. The molecule has 1 aliphatic rings. The van der Waals surface area contributed by atoms with Gasteiger partial charge in [0.25, 0.3) is 0 Å². The van der Waals surface area contributed by atoms with Crippen molar-refractivity contribution in [2.24, 2.45) is 0 Å². The summed E-state index contributed by atoms with van der Waals surface area (Å²) in [5.74, 6) is -1.32. The average Bonchev–Trinajstić information content (AvgIpc) is 2.88. The molecule has 0 aliphatic carbocycles. The number of hydrogen-bond donors (Lipinski definition) is 0. The SMILES string of the molecule is COC(=O)C1OC(C=C(C)CCC=C(C)C)OC1C(=O)OC. The molecule has 2 unspecified atom stereocenters. The van der Waals surface area contributed by atoms with Gasteiger partial charge < -0.3 is 18.9 Å². The van der Waals surface area contributed by atoms with Gasteiger partial charge in [-0.05, 0) is 39.7 Å². The zero-order valence-electron chi connectivity index (χ0n) is 13.8. The molecule has 1 aliphatic heterocycles. The molecule has 2 atom stereocenters. The van der Waals surface area contributed by atoms with Crippen molar-refractivity contribution in [3.63, 3.8) is 0 Å². The fourth-order valence-electron chi connectivity index (χ4n) is 2.04. The first-order chi connectivity index (χ1) is 10.4. The summed E-state index contributed by atoms with van der Waals surface area (Å²) in [5.41, 5.74) is 2.31. The Kier molecular flexibility index (Phi) is 7.27. The molecule has 124 valence electrons. The van der Waals surface area contributed by atoms with Gasteiger partial charge in [0.2, 0.25) is 0 Å². The van der Waals surface area contributed by atoms with E-state index < -0.39 is 30.4 Å². The maximum atomic E-state index is 11.7. The molecular weight excluding hydrogens is 288 g/mol. The number of methoxy groups -OCH3 is 2. The predicted molar refractivity (Wildman–Crippen MR) is 80.0 cm³/mol. The first-order valence-corrected chi connectivity index (χ1v) is 7.16. The van der Waals surface area contributed by atoms with Crippen LogP contribution in [0.25, 0.3) is 0 Å². The van der Waals surface area contributed by atoms with E-state index in [-0.39, 0.29) is 0 Å². The highest BCUT2D eigenvalue weighted by Gasteiger charge is 2.46. The van der Waals surface area contributed by atoms with Gasteiger partial charge in [0.05, 0.1) is 14.2 Å². The van der Waals surface area contributed by atoms with Gasteiger partial charge in [-0.25, -0.2) is 9.59 Å². The van der Waals surface area contributed by atoms with Crippen molar-refractivity contribution in [3.05, 3.63) is 23.3 Å². The average molecular weight is 312 g/mol. The summed E-state index contributed by atoms with van der Waals surface area (Å²) in [6.07, 6.45) is 2.69. The van der Waals surface area contributed by atoms with Crippen molar-refractivity contribution in [2.75, 3.05) is 14.2 Å². The number of allylic oxidation sites excluding steroid dienone is 3. The van der Waals surface area contributed by atoms with Gasteiger partial charge in [-0.15, -0.1) is 0 Å². The zero-order chi connectivity index (χ0) is 16.7. The number of esters is 2. The largest absolute Gasteiger partial charge is 0.467 e. The van der Waals surface area contributed by atoms with Crippen LogP contribution in [0, 0.1) is 0 Å². The summed E-state index contributed by atoms with van der Waals surface area (Å²) in [7, 11) is 2.46. The van der Waals surface area contributed by atoms with Gasteiger partial charge in [-0.3, -0.25) is 0 Å². The Bertz CT molecular complexity index is 437. The van der Waals surface area contributed by atoms with E-state index in [1.54, 1.807) is 6.08 Å². The minimum atomic E-state index is -1.11. The van der Waals surface area contributed by atoms with Gasteiger partial charge in [0, 0.05) is 0 Å². The van der Waals surface area contributed by atoms with Crippen LogP contribution < -0.4 is 0 Å². The molecule has 0 bridgehead atoms. The van der Waals surface area contributed by atoms with Gasteiger partial charge in [0.1, 0.15) is 0 Å². The van der Waals surface area contributed by atoms with Crippen molar-refractivity contribution >= 4 is 11.9 Å². The summed E-state index contributed by atoms with van der Waals surface area (Å²) >= 11 is 0. The molecule has 0 N–H and O–H groups in total. The van der Waals surface area contributed by atoms with Crippen LogP contribution in [0.15, 0.2) is 23.3 Å². The van der Waals surface area contributed by atoms with E-state index in [0.29, 0.717) is 0 Å². The first kappa shape index (κ1) is 18.4. The van der Waals surface area contributed by atoms with E-state index in [2.05, 4.69) is 15.5 Å². The molecule has 1 saturated heterocycles. The van der Waals surface area contributed by atoms with Crippen molar-refractivity contribution in [1.29, 1.82) is 0 Å². The highest BCUT2D eigenvalue weighted by atomic mass is 16.8. The molecule has 6 nitrogen and oxygen atoms in total. The van der Waals surface area contributed by atoms with Crippen molar-refractivity contribution < 1.29 is 28.5 Å². The Morgan fingerprint density at radius 2 is 1.50 bits per heavy atom. The van der Waals surface area contributed by atoms with E-state index in [9.17, 15) is 9.59 Å². The summed E-state index contributed by atoms with van der Waals surface area (Å²) in [5, 5.41) is 0. The van der Waals surface area contributed by atoms with Crippen molar-refractivity contribution in [2.45, 2.75) is 52.1 Å². The lowest BCUT2D eigenvalue weighted by atomic mass is 10.1. The fraction of sp³-hybridized carbons (Fsp3) is 0.625. The molecule has 0 amide bonds. The van der Waals surface area contributed by atoms with E-state index in [4.69, 9.17) is 9.47 Å². The Morgan fingerprint density at radius 3 is 1.91 bits per heavy atom. The van der Waals surface area contributed by atoms with Gasteiger partial charge in [-0.1, -0.05) is 17.2 Å². The summed E-state index contributed by atoms with van der Waals surface area (Å²) in [6, 6.07) is 0. The van der Waals surface area contributed by atoms with Crippen LogP contribution in [0.4, 0.5) is 0 Å². The zero-order valence-corrected chi connectivity index (χ0v) is 13.8. The molecule has 0 radical (unpaired) electrons. The van der Waals surface area contributed by atoms with E-state index in [1.807, 2.05) is 20.8 Å². The number of carbonyl (C=O) groups is 2. The quantitative estimate of drug-likeness (QED) is 0.553. The van der Waals surface area contributed by atoms with Crippen LogP contribution in [0.3, 0.4) is 0 Å². The van der Waals surface area contributed by atoms with Crippen LogP contribution in [0.2, 0.25) is 0 Å². The van der Waals surface area contributed by atoms with Crippen LogP contribution >= 0.6 is 0 Å². The Morgan fingerprint density at radius 1 is 1.00 bits per heavy atom. The van der Waals surface area contributed by atoms with Gasteiger partial charge in [0.15, 0.2) is 18.5 Å². The molecule has 22 heavy (non-hydrogen) atoms. The monoisotopic (exact) mass is 312 g/mol. The first-order valence-electron chi connectivity index (χ1n) is 7.16. The molecule has 0 aromatic carbocycles.